The normalized spacial score (nSPS) is 12.5. The van der Waals surface area contributed by atoms with E-state index in [2.05, 4.69) is 403 Å². The summed E-state index contributed by atoms with van der Waals surface area (Å²) in [4.78, 5) is 5.22. The Kier molecular flexibility index (Phi) is 14.0. The lowest BCUT2D eigenvalue weighted by Crippen LogP contribution is -2.74. The Labute approximate surface area is 563 Å². The summed E-state index contributed by atoms with van der Waals surface area (Å²) in [7, 11) is -5.80. The molecule has 0 saturated carbocycles. The van der Waals surface area contributed by atoms with E-state index in [4.69, 9.17) is 0 Å². The van der Waals surface area contributed by atoms with Crippen molar-refractivity contribution in [3.05, 3.63) is 388 Å². The van der Waals surface area contributed by atoms with Gasteiger partial charge < -0.3 is 14.4 Å². The molecule has 0 N–H and O–H groups in total. The molecule has 2 aliphatic heterocycles. The fraction of sp³-hybridized carbons (Fsp3) is 0. The van der Waals surface area contributed by atoms with Gasteiger partial charge in [0.2, 0.25) is 0 Å². The number of hydrogen-bond donors (Lipinski definition) is 0. The average Bonchev–Trinajstić information content (AvgIpc) is 0.793. The Morgan fingerprint density at radius 3 is 0.990 bits per heavy atom. The van der Waals surface area contributed by atoms with Crippen LogP contribution in [0.4, 0.5) is 34.1 Å². The molecular weight excluding hydrogens is 1190 g/mol. The number of hydrogen-bond acceptors (Lipinski definition) is 2. The van der Waals surface area contributed by atoms with Gasteiger partial charge in [0, 0.05) is 44.9 Å². The predicted molar refractivity (Wildman–Crippen MR) is 413 cm³/mol. The molecule has 0 amide bonds. The molecule has 0 fully saturated rings. The van der Waals surface area contributed by atoms with Gasteiger partial charge in [0.1, 0.15) is 0 Å². The van der Waals surface area contributed by atoms with Crippen molar-refractivity contribution in [2.24, 2.45) is 0 Å². The summed E-state index contributed by atoms with van der Waals surface area (Å²) in [5.41, 5.74) is 18.7. The van der Waals surface area contributed by atoms with Crippen LogP contribution in [0.5, 0.6) is 0 Å². The van der Waals surface area contributed by atoms with Crippen molar-refractivity contribution in [2.75, 3.05) is 9.80 Å². The minimum absolute atomic E-state index is 0.193. The number of para-hydroxylation sites is 2. The highest BCUT2D eigenvalue weighted by atomic mass is 28.3. The summed E-state index contributed by atoms with van der Waals surface area (Å²) in [6, 6.07) is 146. The van der Waals surface area contributed by atoms with Crippen LogP contribution in [0, 0.1) is 0 Å². The minimum Gasteiger partial charge on any atom is -0.311 e. The predicted octanol–water partition coefficient (Wildman–Crippen LogP) is 15.0. The van der Waals surface area contributed by atoms with Crippen LogP contribution in [0.1, 0.15) is 0 Å². The number of benzene rings is 15. The van der Waals surface area contributed by atoms with Crippen molar-refractivity contribution in [2.45, 2.75) is 0 Å². The van der Waals surface area contributed by atoms with Gasteiger partial charge >= 0.3 is 0 Å². The topological polar surface area (TPSA) is 11.4 Å². The second-order valence-corrected chi connectivity index (χ2v) is 33.0. The van der Waals surface area contributed by atoms with E-state index in [1.54, 1.807) is 0 Å². The molecule has 0 spiro atoms. The summed E-state index contributed by atoms with van der Waals surface area (Å²) in [5, 5.41) is 13.1. The van der Waals surface area contributed by atoms with Crippen LogP contribution in [-0.2, 0) is 0 Å². The molecule has 3 heterocycles. The van der Waals surface area contributed by atoms with E-state index in [9.17, 15) is 0 Å². The Morgan fingerprint density at radius 1 is 0.219 bits per heavy atom. The van der Waals surface area contributed by atoms with E-state index in [1.165, 1.54) is 90.9 Å². The second-order valence-electron chi connectivity index (χ2n) is 25.4. The largest absolute Gasteiger partial charge is 0.311 e. The van der Waals surface area contributed by atoms with Crippen LogP contribution < -0.4 is 67.7 Å². The molecule has 0 unspecified atom stereocenters. The van der Waals surface area contributed by atoms with Gasteiger partial charge in [0.15, 0.2) is 16.1 Å². The van der Waals surface area contributed by atoms with Crippen LogP contribution in [0.3, 0.4) is 0 Å². The molecule has 15 aromatic carbocycles. The molecule has 450 valence electrons. The zero-order valence-corrected chi connectivity index (χ0v) is 54.9. The molecule has 3 nitrogen and oxygen atoms in total. The molecule has 0 aliphatic carbocycles. The van der Waals surface area contributed by atoms with Crippen molar-refractivity contribution in [1.82, 2.24) is 4.57 Å². The van der Waals surface area contributed by atoms with Gasteiger partial charge in [-0.25, -0.2) is 0 Å². The molecule has 96 heavy (non-hydrogen) atoms. The molecule has 0 atom stereocenters. The number of nitrogens with zero attached hydrogens (tertiary/aromatic N) is 3. The monoisotopic (exact) mass is 1250 g/mol. The molecule has 0 saturated heterocycles. The van der Waals surface area contributed by atoms with Crippen LogP contribution in [0.15, 0.2) is 388 Å². The standard InChI is InChI=1S/C90H64BN3Si2/c1-9-30-65(31-10-1)67-52-61-85-82(62-67)91-89-79(66-32-11-2-12-33-66)48-29-51-86(89)93(69-55-59-78(60-56-69)96(74-40-19-6-20-41-74,75-42-21-7-22-43-75)76-44-23-8-24-45-76)88-64-70(94-83-49-27-25-46-80(83)81-47-26-28-50-84(81)94)63-87(90(88)91)92(85)68-53-57-77(58-54-68)95(71-34-13-3-14-35-71,72-36-15-4-16-37-72)73-38-17-5-18-39-73/h1-64H. The maximum atomic E-state index is 2.61. The van der Waals surface area contributed by atoms with Gasteiger partial charge in [0.25, 0.3) is 6.71 Å². The number of rotatable bonds is 13. The van der Waals surface area contributed by atoms with Gasteiger partial charge in [-0.3, -0.25) is 0 Å². The molecule has 16 aromatic rings. The minimum atomic E-state index is -2.90. The summed E-state index contributed by atoms with van der Waals surface area (Å²) in [5.74, 6) is 0. The molecule has 2 aliphatic rings. The lowest BCUT2D eigenvalue weighted by Gasteiger charge is -2.45. The van der Waals surface area contributed by atoms with Crippen molar-refractivity contribution in [3.8, 4) is 27.9 Å². The van der Waals surface area contributed by atoms with Gasteiger partial charge in [-0.05, 0) is 141 Å². The van der Waals surface area contributed by atoms with E-state index in [-0.39, 0.29) is 6.71 Å². The molecule has 6 heteroatoms. The molecule has 1 aromatic heterocycles. The van der Waals surface area contributed by atoms with Gasteiger partial charge in [-0.15, -0.1) is 0 Å². The van der Waals surface area contributed by atoms with Crippen molar-refractivity contribution in [1.29, 1.82) is 0 Å². The number of anilines is 6. The third-order valence-electron chi connectivity index (χ3n) is 20.5. The van der Waals surface area contributed by atoms with Gasteiger partial charge in [0.05, 0.1) is 16.7 Å². The van der Waals surface area contributed by atoms with Crippen LogP contribution >= 0.6 is 0 Å². The summed E-state index contributed by atoms with van der Waals surface area (Å²) in [6.07, 6.45) is 0. The SMILES string of the molecule is c1ccc(-c2ccc3c(c2)B2c4c(-c5ccccc5)cccc4N(c4ccc([Si](c5ccccc5)(c5ccccc5)c5ccccc5)cc4)c4cc(-n5c6ccccc6c6ccccc65)cc(c42)N3c2ccc([Si](c3ccccc3)(c3ccccc3)c3ccccc3)cc2)cc1. The van der Waals surface area contributed by atoms with E-state index in [1.807, 2.05) is 0 Å². The average molecular weight is 1250 g/mol. The van der Waals surface area contributed by atoms with Gasteiger partial charge in [-0.1, -0.05) is 328 Å². The van der Waals surface area contributed by atoms with Crippen LogP contribution in [0.25, 0.3) is 49.7 Å². The Balaban J connectivity index is 0.939. The van der Waals surface area contributed by atoms with Crippen molar-refractivity contribution < 1.29 is 0 Å². The summed E-state index contributed by atoms with van der Waals surface area (Å²) < 4.78 is 2.52. The van der Waals surface area contributed by atoms with E-state index in [0.717, 1.165) is 50.8 Å². The third kappa shape index (κ3) is 9.01. The smallest absolute Gasteiger partial charge is 0.252 e. The van der Waals surface area contributed by atoms with E-state index < -0.39 is 16.1 Å². The quantitative estimate of drug-likeness (QED) is 0.0842. The molecule has 18 rings (SSSR count). The number of fused-ring (bicyclic) bond motifs is 7. The number of aromatic nitrogens is 1. The lowest BCUT2D eigenvalue weighted by molar-refractivity contribution is 1.16. The highest BCUT2D eigenvalue weighted by Crippen LogP contribution is 2.48. The third-order valence-corrected chi connectivity index (χ3v) is 30.1. The summed E-state index contributed by atoms with van der Waals surface area (Å²) >= 11 is 0. The zero-order valence-electron chi connectivity index (χ0n) is 52.9. The maximum Gasteiger partial charge on any atom is 0.252 e. The Hall–Kier alpha value is -11.8. The van der Waals surface area contributed by atoms with Crippen molar-refractivity contribution >= 4 is 137 Å². The molecule has 0 bridgehead atoms. The van der Waals surface area contributed by atoms with E-state index >= 15 is 0 Å². The first-order valence-electron chi connectivity index (χ1n) is 33.3. The van der Waals surface area contributed by atoms with Crippen molar-refractivity contribution in [3.63, 3.8) is 0 Å². The first-order valence-corrected chi connectivity index (χ1v) is 37.3. The van der Waals surface area contributed by atoms with Crippen LogP contribution in [0.2, 0.25) is 0 Å². The zero-order chi connectivity index (χ0) is 63.6. The van der Waals surface area contributed by atoms with E-state index in [0.29, 0.717) is 0 Å². The molecule has 0 radical (unpaired) electrons. The van der Waals surface area contributed by atoms with Crippen LogP contribution in [-0.4, -0.2) is 27.4 Å². The Bertz CT molecular complexity index is 5240. The highest BCUT2D eigenvalue weighted by Gasteiger charge is 2.47. The fourth-order valence-electron chi connectivity index (χ4n) is 16.4. The highest BCUT2D eigenvalue weighted by molar-refractivity contribution is 7.20. The Morgan fingerprint density at radius 2 is 0.573 bits per heavy atom. The van der Waals surface area contributed by atoms with Gasteiger partial charge in [-0.2, -0.15) is 0 Å². The lowest BCUT2D eigenvalue weighted by atomic mass is 9.32. The first-order chi connectivity index (χ1) is 47.7. The molecular formula is C90H64BN3Si2. The second kappa shape index (κ2) is 23.6. The summed E-state index contributed by atoms with van der Waals surface area (Å²) in [6.45, 7) is -0.193. The maximum absolute atomic E-state index is 2.90. The first kappa shape index (κ1) is 56.9. The fourth-order valence-corrected chi connectivity index (χ4v) is 25.9.